The molecule has 106 valence electrons. The van der Waals surface area contributed by atoms with Crippen LogP contribution in [0.15, 0.2) is 60.7 Å². The first kappa shape index (κ1) is 14.9. The van der Waals surface area contributed by atoms with Crippen LogP contribution < -0.4 is 0 Å². The number of phenolic OH excluding ortho intramolecular Hbond substituents is 1. The lowest BCUT2D eigenvalue weighted by molar-refractivity contribution is -0.110. The highest BCUT2D eigenvalue weighted by atomic mass is 35.5. The van der Waals surface area contributed by atoms with Gasteiger partial charge in [-0.1, -0.05) is 41.9 Å². The lowest BCUT2D eigenvalue weighted by atomic mass is 10.1. The normalized spacial score (nSPS) is 11.8. The number of hydrogen-bond acceptors (Lipinski definition) is 3. The van der Waals surface area contributed by atoms with Crippen molar-refractivity contribution in [3.63, 3.8) is 0 Å². The molecule has 0 bridgehead atoms. The van der Waals surface area contributed by atoms with Gasteiger partial charge in [-0.25, -0.2) is 0 Å². The summed E-state index contributed by atoms with van der Waals surface area (Å²) in [6, 6.07) is 13.3. The van der Waals surface area contributed by atoms with Crippen molar-refractivity contribution in [3.8, 4) is 5.75 Å². The maximum Gasteiger partial charge on any atom is 0.182 e. The highest BCUT2D eigenvalue weighted by Crippen LogP contribution is 2.22. The van der Waals surface area contributed by atoms with Crippen molar-refractivity contribution in [3.05, 3.63) is 76.8 Å². The Kier molecular flexibility index (Phi) is 4.80. The maximum atomic E-state index is 11.7. The number of carbonyl (C=O) groups excluding carboxylic acids is 1. The molecular formula is C17H13ClO3. The van der Waals surface area contributed by atoms with Gasteiger partial charge in [0.25, 0.3) is 0 Å². The molecule has 3 nitrogen and oxygen atoms in total. The van der Waals surface area contributed by atoms with Gasteiger partial charge in [0.1, 0.15) is 11.5 Å². The highest BCUT2D eigenvalue weighted by molar-refractivity contribution is 6.30. The fourth-order valence-corrected chi connectivity index (χ4v) is 1.83. The summed E-state index contributed by atoms with van der Waals surface area (Å²) in [6.07, 6.45) is 4.01. The molecule has 4 heteroatoms. The van der Waals surface area contributed by atoms with Crippen LogP contribution in [0.5, 0.6) is 5.75 Å². The van der Waals surface area contributed by atoms with Gasteiger partial charge in [-0.05, 0) is 35.9 Å². The van der Waals surface area contributed by atoms with Crippen LogP contribution in [0.3, 0.4) is 0 Å². The van der Waals surface area contributed by atoms with Crippen molar-refractivity contribution in [2.75, 3.05) is 0 Å². The van der Waals surface area contributed by atoms with Gasteiger partial charge in [0.05, 0.1) is 5.56 Å². The maximum absolute atomic E-state index is 11.7. The first-order chi connectivity index (χ1) is 10.1. The second kappa shape index (κ2) is 6.77. The molecule has 0 saturated carbocycles. The molecule has 2 aromatic rings. The van der Waals surface area contributed by atoms with Crippen LogP contribution in [0.25, 0.3) is 11.8 Å². The third-order valence-electron chi connectivity index (χ3n) is 2.77. The molecule has 0 aliphatic carbocycles. The monoisotopic (exact) mass is 300 g/mol. The van der Waals surface area contributed by atoms with Crippen molar-refractivity contribution in [1.82, 2.24) is 0 Å². The second-order valence-electron chi connectivity index (χ2n) is 4.33. The number of para-hydroxylation sites is 1. The Bertz CT molecular complexity index is 700. The minimum Gasteiger partial charge on any atom is -0.507 e. The van der Waals surface area contributed by atoms with Crippen LogP contribution in [-0.2, 0) is 4.79 Å². The molecule has 2 rings (SSSR count). The minimum atomic E-state index is -0.384. The summed E-state index contributed by atoms with van der Waals surface area (Å²) >= 11 is 5.77. The molecule has 0 fully saturated rings. The number of aromatic hydroxyl groups is 1. The fraction of sp³-hybridized carbons (Fsp3) is 0. The van der Waals surface area contributed by atoms with Gasteiger partial charge in [-0.3, -0.25) is 4.79 Å². The molecule has 0 unspecified atom stereocenters. The largest absolute Gasteiger partial charge is 0.507 e. The molecule has 0 saturated heterocycles. The van der Waals surface area contributed by atoms with E-state index in [1.807, 2.05) is 0 Å². The molecule has 0 spiro atoms. The number of aliphatic hydroxyl groups is 1. The third-order valence-corrected chi connectivity index (χ3v) is 3.02. The van der Waals surface area contributed by atoms with E-state index in [1.165, 1.54) is 18.2 Å². The van der Waals surface area contributed by atoms with E-state index >= 15 is 0 Å². The molecule has 0 atom stereocenters. The fourth-order valence-electron chi connectivity index (χ4n) is 1.70. The van der Waals surface area contributed by atoms with E-state index in [4.69, 9.17) is 11.6 Å². The summed E-state index contributed by atoms with van der Waals surface area (Å²) in [5.74, 6) is -0.745. The topological polar surface area (TPSA) is 57.5 Å². The van der Waals surface area contributed by atoms with Gasteiger partial charge in [0, 0.05) is 11.1 Å². The van der Waals surface area contributed by atoms with Crippen LogP contribution in [-0.4, -0.2) is 16.0 Å². The number of ketones is 1. The van der Waals surface area contributed by atoms with Crippen LogP contribution in [0.4, 0.5) is 0 Å². The molecule has 0 heterocycles. The van der Waals surface area contributed by atoms with E-state index < -0.39 is 0 Å². The number of rotatable bonds is 4. The van der Waals surface area contributed by atoms with Gasteiger partial charge in [0.15, 0.2) is 5.78 Å². The molecule has 0 aliphatic rings. The van der Waals surface area contributed by atoms with E-state index in [1.54, 1.807) is 42.5 Å². The predicted octanol–water partition coefficient (Wildman–Crippen LogP) is 4.23. The summed E-state index contributed by atoms with van der Waals surface area (Å²) in [6.45, 7) is 0. The quantitative estimate of drug-likeness (QED) is 0.656. The van der Waals surface area contributed by atoms with E-state index in [2.05, 4.69) is 0 Å². The number of hydrogen-bond donors (Lipinski definition) is 2. The van der Waals surface area contributed by atoms with Crippen LogP contribution in [0.2, 0.25) is 5.02 Å². The molecule has 0 radical (unpaired) electrons. The second-order valence-corrected chi connectivity index (χ2v) is 4.77. The Morgan fingerprint density at radius 3 is 2.38 bits per heavy atom. The smallest absolute Gasteiger partial charge is 0.182 e. The molecule has 0 amide bonds. The number of allylic oxidation sites excluding steroid dienone is 2. The Balaban J connectivity index is 2.12. The SMILES string of the molecule is O=C(C=C(O)c1ccccc1O)/C=C/c1ccc(Cl)cc1. The zero-order valence-corrected chi connectivity index (χ0v) is 11.8. The molecule has 21 heavy (non-hydrogen) atoms. The van der Waals surface area contributed by atoms with Gasteiger partial charge >= 0.3 is 0 Å². The first-order valence-electron chi connectivity index (χ1n) is 6.23. The van der Waals surface area contributed by atoms with Crippen LogP contribution in [0.1, 0.15) is 11.1 Å². The summed E-state index contributed by atoms with van der Waals surface area (Å²) in [4.78, 5) is 11.7. The predicted molar refractivity (Wildman–Crippen MR) is 84.2 cm³/mol. The zero-order chi connectivity index (χ0) is 15.2. The molecule has 2 aromatic carbocycles. The average Bonchev–Trinajstić information content (AvgIpc) is 2.47. The molecular weight excluding hydrogens is 288 g/mol. The van der Waals surface area contributed by atoms with Gasteiger partial charge in [-0.15, -0.1) is 0 Å². The minimum absolute atomic E-state index is 0.0827. The van der Waals surface area contributed by atoms with Crippen molar-refractivity contribution in [2.24, 2.45) is 0 Å². The Morgan fingerprint density at radius 2 is 1.71 bits per heavy atom. The number of phenols is 1. The highest BCUT2D eigenvalue weighted by Gasteiger charge is 2.05. The van der Waals surface area contributed by atoms with Gasteiger partial charge in [0.2, 0.25) is 0 Å². The van der Waals surface area contributed by atoms with Crippen molar-refractivity contribution >= 4 is 29.2 Å². The van der Waals surface area contributed by atoms with E-state index in [-0.39, 0.29) is 22.9 Å². The summed E-state index contributed by atoms with van der Waals surface area (Å²) in [7, 11) is 0. The average molecular weight is 301 g/mol. The zero-order valence-electron chi connectivity index (χ0n) is 11.0. The van der Waals surface area contributed by atoms with Crippen LogP contribution in [0, 0.1) is 0 Å². The first-order valence-corrected chi connectivity index (χ1v) is 6.61. The Labute approximate surface area is 127 Å². The lowest BCUT2D eigenvalue weighted by Gasteiger charge is -2.01. The Hall–Kier alpha value is -2.52. The van der Waals surface area contributed by atoms with E-state index in [0.29, 0.717) is 5.02 Å². The third kappa shape index (κ3) is 4.23. The van der Waals surface area contributed by atoms with Gasteiger partial charge in [-0.2, -0.15) is 0 Å². The van der Waals surface area contributed by atoms with Crippen LogP contribution >= 0.6 is 11.6 Å². The van der Waals surface area contributed by atoms with E-state index in [9.17, 15) is 15.0 Å². The van der Waals surface area contributed by atoms with Gasteiger partial charge < -0.3 is 10.2 Å². The lowest BCUT2D eigenvalue weighted by Crippen LogP contribution is -1.91. The van der Waals surface area contributed by atoms with Crippen molar-refractivity contribution < 1.29 is 15.0 Å². The number of benzene rings is 2. The summed E-state index contributed by atoms with van der Waals surface area (Å²) in [5, 5.41) is 20.0. The summed E-state index contributed by atoms with van der Waals surface area (Å²) < 4.78 is 0. The standard InChI is InChI=1S/C17H13ClO3/c18-13-8-5-12(6-9-13)7-10-14(19)11-17(21)15-3-1-2-4-16(15)20/h1-11,20-21H/b10-7+,17-11?. The number of carbonyl (C=O) groups is 1. The van der Waals surface area contributed by atoms with Crippen molar-refractivity contribution in [1.29, 1.82) is 0 Å². The Morgan fingerprint density at radius 1 is 1.05 bits per heavy atom. The van der Waals surface area contributed by atoms with E-state index in [0.717, 1.165) is 11.6 Å². The number of halogens is 1. The summed E-state index contributed by atoms with van der Waals surface area (Å²) in [5.41, 5.74) is 1.04. The molecule has 0 aromatic heterocycles. The number of aliphatic hydroxyl groups excluding tert-OH is 1. The molecule has 2 N–H and O–H groups in total. The van der Waals surface area contributed by atoms with Crippen molar-refractivity contribution in [2.45, 2.75) is 0 Å². The molecule has 0 aliphatic heterocycles.